The molecule has 0 bridgehead atoms. The van der Waals surface area contributed by atoms with E-state index in [1.54, 1.807) is 0 Å². The molecule has 1 N–H and O–H groups in total. The Balaban J connectivity index is 1.55. The van der Waals surface area contributed by atoms with E-state index >= 15 is 0 Å². The Labute approximate surface area is 173 Å². The average molecular weight is 405 g/mol. The summed E-state index contributed by atoms with van der Waals surface area (Å²) in [5, 5.41) is 9.59. The van der Waals surface area contributed by atoms with Crippen LogP contribution >= 0.6 is 0 Å². The van der Waals surface area contributed by atoms with Gasteiger partial charge >= 0.3 is 12.1 Å². The number of benzene rings is 3. The third kappa shape index (κ3) is 3.41. The summed E-state index contributed by atoms with van der Waals surface area (Å²) in [6.07, 6.45) is -0.826. The van der Waals surface area contributed by atoms with Crippen LogP contribution in [-0.4, -0.2) is 35.7 Å². The maximum atomic E-state index is 14.1. The summed E-state index contributed by atoms with van der Waals surface area (Å²) in [5.41, 5.74) is 4.20. The Morgan fingerprint density at radius 3 is 2.07 bits per heavy atom. The average Bonchev–Trinajstić information content (AvgIpc) is 3.07. The quantitative estimate of drug-likeness (QED) is 0.660. The van der Waals surface area contributed by atoms with E-state index in [0.717, 1.165) is 33.2 Å². The zero-order chi connectivity index (χ0) is 21.3. The fraction of sp³-hybridized carbons (Fsp3) is 0.167. The second-order valence-corrected chi connectivity index (χ2v) is 7.18. The van der Waals surface area contributed by atoms with Gasteiger partial charge in [0, 0.05) is 18.5 Å². The molecule has 1 atom stereocenters. The minimum atomic E-state index is -1.48. The van der Waals surface area contributed by atoms with E-state index < -0.39 is 23.9 Å². The summed E-state index contributed by atoms with van der Waals surface area (Å²) in [6.45, 7) is 0.0564. The van der Waals surface area contributed by atoms with Gasteiger partial charge in [-0.15, -0.1) is 0 Å². The van der Waals surface area contributed by atoms with Gasteiger partial charge < -0.3 is 9.84 Å². The lowest BCUT2D eigenvalue weighted by Crippen LogP contribution is -2.37. The lowest BCUT2D eigenvalue weighted by Gasteiger charge is -2.25. The normalized spacial score (nSPS) is 13.3. The van der Waals surface area contributed by atoms with Crippen LogP contribution in [0.3, 0.4) is 0 Å². The van der Waals surface area contributed by atoms with Gasteiger partial charge in [0.25, 0.3) is 0 Å². The highest BCUT2D eigenvalue weighted by molar-refractivity contribution is 5.82. The van der Waals surface area contributed by atoms with Crippen molar-refractivity contribution in [2.45, 2.75) is 12.0 Å². The topological polar surface area (TPSA) is 66.8 Å². The van der Waals surface area contributed by atoms with Gasteiger partial charge in [0.05, 0.1) is 0 Å². The second-order valence-electron chi connectivity index (χ2n) is 7.18. The van der Waals surface area contributed by atoms with Crippen molar-refractivity contribution in [3.63, 3.8) is 0 Å². The number of carbonyl (C=O) groups excluding carboxylic acids is 1. The number of likely N-dealkylation sites (N-methyl/N-ethyl adjacent to an activating group) is 1. The van der Waals surface area contributed by atoms with Crippen molar-refractivity contribution in [2.75, 3.05) is 13.7 Å². The molecule has 0 fully saturated rings. The zero-order valence-corrected chi connectivity index (χ0v) is 16.3. The summed E-state index contributed by atoms with van der Waals surface area (Å²) < 4.78 is 19.6. The molecule has 1 aliphatic carbocycles. The Morgan fingerprint density at radius 2 is 1.50 bits per heavy atom. The Hall–Kier alpha value is -3.67. The standard InChI is InChI=1S/C24H20FNO4/c1-26(22(23(27)28)19-12-6-7-13-21(19)25)24(29)30-14-20-17-10-4-2-8-15(17)16-9-3-5-11-18(16)20/h2-13,20,22H,14H2,1H3,(H,27,28). The molecule has 152 valence electrons. The van der Waals surface area contributed by atoms with Gasteiger partial charge in [-0.1, -0.05) is 66.7 Å². The first kappa shape index (κ1) is 19.6. The molecule has 5 nitrogen and oxygen atoms in total. The number of fused-ring (bicyclic) bond motifs is 3. The number of carboxylic acids is 1. The van der Waals surface area contributed by atoms with Crippen molar-refractivity contribution in [1.82, 2.24) is 4.90 Å². The van der Waals surface area contributed by atoms with E-state index in [-0.39, 0.29) is 18.1 Å². The smallest absolute Gasteiger partial charge is 0.410 e. The van der Waals surface area contributed by atoms with Crippen molar-refractivity contribution in [3.8, 4) is 11.1 Å². The minimum absolute atomic E-state index is 0.0564. The van der Waals surface area contributed by atoms with Crippen molar-refractivity contribution < 1.29 is 23.8 Å². The third-order valence-electron chi connectivity index (χ3n) is 5.45. The number of hydrogen-bond acceptors (Lipinski definition) is 3. The second kappa shape index (κ2) is 7.99. The predicted molar refractivity (Wildman–Crippen MR) is 110 cm³/mol. The summed E-state index contributed by atoms with van der Waals surface area (Å²) in [6, 6.07) is 19.9. The van der Waals surface area contributed by atoms with E-state index in [1.165, 1.54) is 25.2 Å². The van der Waals surface area contributed by atoms with Crippen LogP contribution in [0.1, 0.15) is 28.7 Å². The lowest BCUT2D eigenvalue weighted by molar-refractivity contribution is -0.142. The molecular formula is C24H20FNO4. The molecule has 3 aromatic rings. The van der Waals surface area contributed by atoms with Crippen LogP contribution in [0.4, 0.5) is 9.18 Å². The maximum absolute atomic E-state index is 14.1. The van der Waals surface area contributed by atoms with Gasteiger partial charge in [0.1, 0.15) is 12.4 Å². The van der Waals surface area contributed by atoms with Gasteiger partial charge in [-0.3, -0.25) is 4.90 Å². The molecule has 0 spiro atoms. The van der Waals surface area contributed by atoms with Crippen LogP contribution in [0.25, 0.3) is 11.1 Å². The van der Waals surface area contributed by atoms with Crippen molar-refractivity contribution in [2.24, 2.45) is 0 Å². The number of halogens is 1. The molecule has 0 saturated heterocycles. The molecule has 0 saturated carbocycles. The summed E-state index contributed by atoms with van der Waals surface area (Å²) in [4.78, 5) is 25.4. The van der Waals surface area contributed by atoms with E-state index in [4.69, 9.17) is 4.74 Å². The molecule has 0 aliphatic heterocycles. The molecule has 3 aromatic carbocycles. The van der Waals surface area contributed by atoms with Gasteiger partial charge in [-0.2, -0.15) is 0 Å². The third-order valence-corrected chi connectivity index (χ3v) is 5.45. The number of carboxylic acid groups (broad SMARTS) is 1. The number of carbonyl (C=O) groups is 2. The number of ether oxygens (including phenoxy) is 1. The highest BCUT2D eigenvalue weighted by atomic mass is 19.1. The summed E-state index contributed by atoms with van der Waals surface area (Å²) in [5.74, 6) is -2.18. The molecule has 1 unspecified atom stereocenters. The van der Waals surface area contributed by atoms with Crippen LogP contribution in [0, 0.1) is 5.82 Å². The number of hydrogen-bond donors (Lipinski definition) is 1. The fourth-order valence-corrected chi connectivity index (χ4v) is 4.01. The summed E-state index contributed by atoms with van der Waals surface area (Å²) in [7, 11) is 1.30. The molecule has 0 heterocycles. The molecular weight excluding hydrogens is 385 g/mol. The molecule has 1 amide bonds. The number of rotatable bonds is 5. The molecule has 4 rings (SSSR count). The van der Waals surface area contributed by atoms with Crippen LogP contribution < -0.4 is 0 Å². The van der Waals surface area contributed by atoms with Crippen LogP contribution in [0.15, 0.2) is 72.8 Å². The Morgan fingerprint density at radius 1 is 0.967 bits per heavy atom. The maximum Gasteiger partial charge on any atom is 0.410 e. The van der Waals surface area contributed by atoms with Gasteiger partial charge in [0.2, 0.25) is 0 Å². The van der Waals surface area contributed by atoms with Crippen molar-refractivity contribution in [1.29, 1.82) is 0 Å². The highest BCUT2D eigenvalue weighted by Crippen LogP contribution is 2.44. The van der Waals surface area contributed by atoms with Gasteiger partial charge in [0.15, 0.2) is 6.04 Å². The lowest BCUT2D eigenvalue weighted by atomic mass is 9.98. The van der Waals surface area contributed by atoms with Crippen molar-refractivity contribution >= 4 is 12.1 Å². The van der Waals surface area contributed by atoms with E-state index in [0.29, 0.717) is 0 Å². The van der Waals surface area contributed by atoms with E-state index in [9.17, 15) is 19.1 Å². The van der Waals surface area contributed by atoms with E-state index in [1.807, 2.05) is 48.5 Å². The molecule has 30 heavy (non-hydrogen) atoms. The molecule has 0 radical (unpaired) electrons. The largest absolute Gasteiger partial charge is 0.479 e. The first-order chi connectivity index (χ1) is 14.5. The fourth-order valence-electron chi connectivity index (χ4n) is 4.01. The Kier molecular flexibility index (Phi) is 5.23. The summed E-state index contributed by atoms with van der Waals surface area (Å²) >= 11 is 0. The van der Waals surface area contributed by atoms with Crippen LogP contribution in [0.2, 0.25) is 0 Å². The Bertz CT molecular complexity index is 1070. The molecule has 1 aliphatic rings. The number of aliphatic carboxylic acids is 1. The number of amides is 1. The van der Waals surface area contributed by atoms with Crippen LogP contribution in [0.5, 0.6) is 0 Å². The first-order valence-corrected chi connectivity index (χ1v) is 9.54. The zero-order valence-electron chi connectivity index (χ0n) is 16.3. The highest BCUT2D eigenvalue weighted by Gasteiger charge is 2.33. The van der Waals surface area contributed by atoms with E-state index in [2.05, 4.69) is 0 Å². The van der Waals surface area contributed by atoms with Crippen LogP contribution in [-0.2, 0) is 9.53 Å². The van der Waals surface area contributed by atoms with Crippen molar-refractivity contribution in [3.05, 3.63) is 95.3 Å². The SMILES string of the molecule is CN(C(=O)OCC1c2ccccc2-c2ccccc21)C(C(=O)O)c1ccccc1F. The molecule has 6 heteroatoms. The first-order valence-electron chi connectivity index (χ1n) is 9.54. The molecule has 0 aromatic heterocycles. The van der Waals surface area contributed by atoms with Gasteiger partial charge in [-0.05, 0) is 28.3 Å². The number of nitrogens with zero attached hydrogens (tertiary/aromatic N) is 1. The minimum Gasteiger partial charge on any atom is -0.479 e. The predicted octanol–water partition coefficient (Wildman–Crippen LogP) is 4.83. The monoisotopic (exact) mass is 405 g/mol. The van der Waals surface area contributed by atoms with Gasteiger partial charge in [-0.25, -0.2) is 14.0 Å².